The van der Waals surface area contributed by atoms with Crippen LogP contribution >= 0.6 is 35.3 Å². The van der Waals surface area contributed by atoms with Crippen molar-refractivity contribution in [3.63, 3.8) is 0 Å². The van der Waals surface area contributed by atoms with Crippen LogP contribution in [-0.4, -0.2) is 42.0 Å². The number of guanidine groups is 1. The van der Waals surface area contributed by atoms with Gasteiger partial charge in [-0.3, -0.25) is 4.90 Å². The molecule has 2 heterocycles. The van der Waals surface area contributed by atoms with Crippen molar-refractivity contribution in [1.82, 2.24) is 20.5 Å². The highest BCUT2D eigenvalue weighted by Gasteiger charge is 2.10. The zero-order valence-electron chi connectivity index (χ0n) is 17.6. The molecule has 0 amide bonds. The summed E-state index contributed by atoms with van der Waals surface area (Å²) in [6, 6.07) is 8.93. The van der Waals surface area contributed by atoms with Gasteiger partial charge in [0.2, 0.25) is 0 Å². The number of likely N-dealkylation sites (tertiary alicyclic amines) is 1. The van der Waals surface area contributed by atoms with Crippen LogP contribution in [0.5, 0.6) is 0 Å². The summed E-state index contributed by atoms with van der Waals surface area (Å²) in [5.41, 5.74) is 3.79. The van der Waals surface area contributed by atoms with E-state index in [2.05, 4.69) is 57.1 Å². The Morgan fingerprint density at radius 1 is 1.10 bits per heavy atom. The van der Waals surface area contributed by atoms with Crippen molar-refractivity contribution in [2.45, 2.75) is 52.6 Å². The predicted molar refractivity (Wildman–Crippen MR) is 134 cm³/mol. The van der Waals surface area contributed by atoms with E-state index in [1.54, 1.807) is 11.3 Å². The lowest BCUT2D eigenvalue weighted by Crippen LogP contribution is -2.38. The van der Waals surface area contributed by atoms with Gasteiger partial charge in [0.25, 0.3) is 0 Å². The minimum absolute atomic E-state index is 0. The molecular weight excluding hydrogens is 493 g/mol. The average molecular weight is 528 g/mol. The summed E-state index contributed by atoms with van der Waals surface area (Å²) >= 11 is 1.71. The van der Waals surface area contributed by atoms with Crippen molar-refractivity contribution < 1.29 is 0 Å². The number of aromatic nitrogens is 1. The first-order chi connectivity index (χ1) is 13.7. The van der Waals surface area contributed by atoms with Gasteiger partial charge >= 0.3 is 0 Å². The van der Waals surface area contributed by atoms with E-state index in [-0.39, 0.29) is 24.0 Å². The van der Waals surface area contributed by atoms with Gasteiger partial charge in [-0.15, -0.1) is 35.3 Å². The summed E-state index contributed by atoms with van der Waals surface area (Å²) in [7, 11) is 0. The summed E-state index contributed by atoms with van der Waals surface area (Å²) in [6.45, 7) is 10.1. The minimum Gasteiger partial charge on any atom is -0.357 e. The number of halogens is 1. The molecule has 3 rings (SSSR count). The van der Waals surface area contributed by atoms with Crippen molar-refractivity contribution in [2.75, 3.05) is 26.2 Å². The number of hydrogen-bond donors (Lipinski definition) is 2. The largest absolute Gasteiger partial charge is 0.357 e. The minimum atomic E-state index is 0. The molecule has 0 bridgehead atoms. The van der Waals surface area contributed by atoms with E-state index in [4.69, 9.17) is 4.99 Å². The number of benzene rings is 1. The van der Waals surface area contributed by atoms with Gasteiger partial charge in [0.05, 0.1) is 17.2 Å². The Hall–Kier alpha value is -1.19. The molecule has 1 aromatic carbocycles. The molecule has 0 radical (unpaired) electrons. The lowest BCUT2D eigenvalue weighted by molar-refractivity contribution is 0.221. The zero-order chi connectivity index (χ0) is 19.6. The van der Waals surface area contributed by atoms with Gasteiger partial charge in [-0.05, 0) is 50.9 Å². The maximum atomic E-state index is 4.73. The Kier molecular flexibility index (Phi) is 10.9. The molecule has 5 nitrogen and oxygen atoms in total. The molecule has 160 valence electrons. The van der Waals surface area contributed by atoms with Crippen LogP contribution in [0.15, 0.2) is 34.6 Å². The standard InChI is InChI=1S/C22H33N5S.HI/c1-3-23-22(24-12-11-21-17-28-18(2)26-21)25-15-19-7-9-20(10-8-19)16-27-13-5-4-6-14-27;/h7-10,17H,3-6,11-16H2,1-2H3,(H2,23,24,25);1H. The molecular formula is C22H34IN5S. The van der Waals surface area contributed by atoms with E-state index >= 15 is 0 Å². The Labute approximate surface area is 196 Å². The lowest BCUT2D eigenvalue weighted by Gasteiger charge is -2.26. The van der Waals surface area contributed by atoms with Crippen LogP contribution < -0.4 is 10.6 Å². The molecule has 0 saturated carbocycles. The Morgan fingerprint density at radius 3 is 2.48 bits per heavy atom. The van der Waals surface area contributed by atoms with Crippen molar-refractivity contribution in [2.24, 2.45) is 4.99 Å². The third-order valence-electron chi connectivity index (χ3n) is 4.98. The van der Waals surface area contributed by atoms with Crippen LogP contribution in [0.25, 0.3) is 0 Å². The monoisotopic (exact) mass is 527 g/mol. The molecule has 1 fully saturated rings. The highest BCUT2D eigenvalue weighted by atomic mass is 127. The summed E-state index contributed by atoms with van der Waals surface area (Å²) in [6.07, 6.45) is 4.99. The van der Waals surface area contributed by atoms with Crippen molar-refractivity contribution >= 4 is 41.3 Å². The summed E-state index contributed by atoms with van der Waals surface area (Å²) < 4.78 is 0. The summed E-state index contributed by atoms with van der Waals surface area (Å²) in [5.74, 6) is 0.867. The van der Waals surface area contributed by atoms with Gasteiger partial charge in [-0.1, -0.05) is 30.7 Å². The smallest absolute Gasteiger partial charge is 0.191 e. The molecule has 0 spiro atoms. The van der Waals surface area contributed by atoms with E-state index in [0.717, 1.165) is 42.7 Å². The van der Waals surface area contributed by atoms with Crippen LogP contribution in [-0.2, 0) is 19.5 Å². The molecule has 1 aliphatic heterocycles. The van der Waals surface area contributed by atoms with Gasteiger partial charge in [0.1, 0.15) is 0 Å². The maximum absolute atomic E-state index is 4.73. The van der Waals surface area contributed by atoms with Crippen LogP contribution in [0.3, 0.4) is 0 Å². The number of nitrogens with one attached hydrogen (secondary N) is 2. The number of nitrogens with zero attached hydrogens (tertiary/aromatic N) is 3. The lowest BCUT2D eigenvalue weighted by atomic mass is 10.1. The fraction of sp³-hybridized carbons (Fsp3) is 0.545. The molecule has 0 aliphatic carbocycles. The van der Waals surface area contributed by atoms with Gasteiger partial charge in [-0.25, -0.2) is 9.98 Å². The van der Waals surface area contributed by atoms with Crippen molar-refractivity contribution in [1.29, 1.82) is 0 Å². The topological polar surface area (TPSA) is 52.6 Å². The van der Waals surface area contributed by atoms with Crippen LogP contribution in [0.1, 0.15) is 48.0 Å². The van der Waals surface area contributed by atoms with E-state index in [1.807, 2.05) is 6.92 Å². The Morgan fingerprint density at radius 2 is 1.83 bits per heavy atom. The SMILES string of the molecule is CCNC(=NCc1ccc(CN2CCCCC2)cc1)NCCc1csc(C)n1.I. The third kappa shape index (κ3) is 8.60. The second-order valence-corrected chi connectivity index (χ2v) is 8.45. The van der Waals surface area contributed by atoms with E-state index in [1.165, 1.54) is 43.5 Å². The summed E-state index contributed by atoms with van der Waals surface area (Å²) in [4.78, 5) is 11.8. The fourth-order valence-corrected chi connectivity index (χ4v) is 4.12. The first kappa shape index (κ1) is 24.1. The third-order valence-corrected chi connectivity index (χ3v) is 5.80. The molecule has 2 N–H and O–H groups in total. The molecule has 0 unspecified atom stereocenters. The fourth-order valence-electron chi connectivity index (χ4n) is 3.47. The summed E-state index contributed by atoms with van der Waals surface area (Å²) in [5, 5.41) is 9.99. The number of rotatable bonds is 8. The quantitative estimate of drug-likeness (QED) is 0.305. The molecule has 29 heavy (non-hydrogen) atoms. The van der Waals surface area contributed by atoms with E-state index in [9.17, 15) is 0 Å². The molecule has 1 saturated heterocycles. The second-order valence-electron chi connectivity index (χ2n) is 7.38. The van der Waals surface area contributed by atoms with Gasteiger partial charge in [-0.2, -0.15) is 0 Å². The Balaban J connectivity index is 0.00000300. The predicted octanol–water partition coefficient (Wildman–Crippen LogP) is 4.35. The number of thiazole rings is 1. The molecule has 7 heteroatoms. The number of aryl methyl sites for hydroxylation is 1. The number of aliphatic imine (C=N–C) groups is 1. The van der Waals surface area contributed by atoms with E-state index < -0.39 is 0 Å². The van der Waals surface area contributed by atoms with Crippen LogP contribution in [0.2, 0.25) is 0 Å². The van der Waals surface area contributed by atoms with Crippen molar-refractivity contribution in [3.05, 3.63) is 51.5 Å². The number of piperidine rings is 1. The first-order valence-electron chi connectivity index (χ1n) is 10.5. The molecule has 1 aromatic heterocycles. The highest BCUT2D eigenvalue weighted by molar-refractivity contribution is 14.0. The van der Waals surface area contributed by atoms with Gasteiger partial charge < -0.3 is 10.6 Å². The zero-order valence-corrected chi connectivity index (χ0v) is 20.8. The number of hydrogen-bond acceptors (Lipinski definition) is 4. The van der Waals surface area contributed by atoms with Gasteiger partial charge in [0.15, 0.2) is 5.96 Å². The molecule has 1 aliphatic rings. The first-order valence-corrected chi connectivity index (χ1v) is 11.3. The van der Waals surface area contributed by atoms with Crippen molar-refractivity contribution in [3.8, 4) is 0 Å². The average Bonchev–Trinajstić information content (AvgIpc) is 3.13. The second kappa shape index (κ2) is 13.2. The maximum Gasteiger partial charge on any atom is 0.191 e. The van der Waals surface area contributed by atoms with Gasteiger partial charge in [0, 0.05) is 31.4 Å². The van der Waals surface area contributed by atoms with E-state index in [0.29, 0.717) is 6.54 Å². The van der Waals surface area contributed by atoms with Crippen LogP contribution in [0, 0.1) is 6.92 Å². The molecule has 0 atom stereocenters. The highest BCUT2D eigenvalue weighted by Crippen LogP contribution is 2.14. The van der Waals surface area contributed by atoms with Crippen LogP contribution in [0.4, 0.5) is 0 Å². The normalized spacial score (nSPS) is 15.0. The molecule has 2 aromatic rings. The Bertz CT molecular complexity index is 738.